The molecule has 0 amide bonds. The van der Waals surface area contributed by atoms with Crippen molar-refractivity contribution in [1.29, 1.82) is 0 Å². The number of hydrogen-bond donors (Lipinski definition) is 0. The van der Waals surface area contributed by atoms with Gasteiger partial charge in [-0.15, -0.1) is 0 Å². The fourth-order valence-electron chi connectivity index (χ4n) is 0. The molecular weight excluding hydrogens is 164 g/mol. The minimum absolute atomic E-state index is 0.857. The molecule has 0 saturated heterocycles. The maximum absolute atomic E-state index is 4.78. The fourth-order valence-corrected chi connectivity index (χ4v) is 0. The number of rotatable bonds is 0. The SMILES string of the molecule is C#CC[Te]. The first-order chi connectivity index (χ1) is 1.91. The van der Waals surface area contributed by atoms with Crippen LogP contribution < -0.4 is 0 Å². The summed E-state index contributed by atoms with van der Waals surface area (Å²) in [5.74, 6) is 2.44. The summed E-state index contributed by atoms with van der Waals surface area (Å²) < 4.78 is 0.857. The van der Waals surface area contributed by atoms with Gasteiger partial charge in [-0.3, -0.25) is 0 Å². The molecule has 0 bridgehead atoms. The van der Waals surface area contributed by atoms with Crippen LogP contribution in [0.25, 0.3) is 0 Å². The second-order valence-corrected chi connectivity index (χ2v) is 1.17. The van der Waals surface area contributed by atoms with E-state index in [1.54, 1.807) is 0 Å². The molecule has 0 fully saturated rings. The Kier molecular flexibility index (Phi) is 3.64. The van der Waals surface area contributed by atoms with Gasteiger partial charge in [0.1, 0.15) is 0 Å². The molecule has 0 atom stereocenters. The summed E-state index contributed by atoms with van der Waals surface area (Å²) in [6, 6.07) is 0. The van der Waals surface area contributed by atoms with E-state index in [1.807, 2.05) is 22.3 Å². The number of hydrogen-bond acceptors (Lipinski definition) is 0. The topological polar surface area (TPSA) is 0 Å². The molecule has 4 heavy (non-hydrogen) atoms. The normalized spacial score (nSPS) is 5.00. The van der Waals surface area contributed by atoms with Crippen LogP contribution in [-0.2, 0) is 0 Å². The van der Waals surface area contributed by atoms with Crippen LogP contribution in [0.4, 0.5) is 0 Å². The van der Waals surface area contributed by atoms with E-state index in [-0.39, 0.29) is 0 Å². The third-order valence-corrected chi connectivity index (χ3v) is 0.559. The summed E-state index contributed by atoms with van der Waals surface area (Å²) in [7, 11) is 0. The molecular formula is C3H3Te. The molecule has 0 aliphatic carbocycles. The molecule has 0 aromatic rings. The number of terminal acetylenes is 1. The van der Waals surface area contributed by atoms with Crippen LogP contribution in [-0.4, -0.2) is 22.3 Å². The zero-order valence-corrected chi connectivity index (χ0v) is 4.52. The molecule has 0 rings (SSSR count). The summed E-state index contributed by atoms with van der Waals surface area (Å²) in [4.78, 5) is 0. The zero-order valence-electron chi connectivity index (χ0n) is 2.19. The van der Waals surface area contributed by atoms with Crippen molar-refractivity contribution < 1.29 is 0 Å². The van der Waals surface area contributed by atoms with Crippen LogP contribution in [0, 0.1) is 12.3 Å². The van der Waals surface area contributed by atoms with Gasteiger partial charge in [0.2, 0.25) is 0 Å². The standard InChI is InChI=1S/C3H3Te/c1-2-3-4/h1H,3H2. The molecule has 0 aromatic carbocycles. The zero-order chi connectivity index (χ0) is 3.41. The van der Waals surface area contributed by atoms with Crippen molar-refractivity contribution in [3.8, 4) is 12.3 Å². The molecule has 0 aromatic heterocycles. The Hall–Kier alpha value is 0.350. The van der Waals surface area contributed by atoms with E-state index < -0.39 is 0 Å². The van der Waals surface area contributed by atoms with Crippen molar-refractivity contribution in [2.45, 2.75) is 4.47 Å². The van der Waals surface area contributed by atoms with Crippen LogP contribution in [0.3, 0.4) is 0 Å². The molecule has 0 N–H and O–H groups in total. The van der Waals surface area contributed by atoms with Gasteiger partial charge in [-0.2, -0.15) is 0 Å². The summed E-state index contributed by atoms with van der Waals surface area (Å²) in [6.07, 6.45) is 4.78. The molecule has 0 nitrogen and oxygen atoms in total. The Morgan fingerprint density at radius 3 is 2.25 bits per heavy atom. The van der Waals surface area contributed by atoms with Gasteiger partial charge in [0.05, 0.1) is 0 Å². The van der Waals surface area contributed by atoms with Gasteiger partial charge in [-0.05, 0) is 0 Å². The summed E-state index contributed by atoms with van der Waals surface area (Å²) in [6.45, 7) is 0. The van der Waals surface area contributed by atoms with E-state index in [1.165, 1.54) is 0 Å². The van der Waals surface area contributed by atoms with Gasteiger partial charge in [-0.25, -0.2) is 0 Å². The van der Waals surface area contributed by atoms with Crippen molar-refractivity contribution in [2.75, 3.05) is 0 Å². The second kappa shape index (κ2) is 3.35. The van der Waals surface area contributed by atoms with Gasteiger partial charge in [0.25, 0.3) is 0 Å². The molecule has 1 radical (unpaired) electrons. The summed E-state index contributed by atoms with van der Waals surface area (Å²) in [5, 5.41) is 0. The molecule has 0 aliphatic heterocycles. The van der Waals surface area contributed by atoms with Gasteiger partial charge >= 0.3 is 39.1 Å². The predicted molar refractivity (Wildman–Crippen MR) is 19.4 cm³/mol. The van der Waals surface area contributed by atoms with E-state index in [0.29, 0.717) is 0 Å². The van der Waals surface area contributed by atoms with Crippen molar-refractivity contribution in [3.05, 3.63) is 0 Å². The second-order valence-electron chi connectivity index (χ2n) is 0.348. The first-order valence-electron chi connectivity index (χ1n) is 0.931. The Balaban J connectivity index is 2.43. The Labute approximate surface area is 39.5 Å². The van der Waals surface area contributed by atoms with E-state index in [2.05, 4.69) is 5.92 Å². The minimum atomic E-state index is 0.857. The van der Waals surface area contributed by atoms with Crippen LogP contribution in [0.5, 0.6) is 0 Å². The average molecular weight is 167 g/mol. The molecule has 0 unspecified atom stereocenters. The quantitative estimate of drug-likeness (QED) is 0.357. The van der Waals surface area contributed by atoms with Crippen LogP contribution in [0.15, 0.2) is 0 Å². The van der Waals surface area contributed by atoms with Crippen molar-refractivity contribution in [1.82, 2.24) is 0 Å². The Morgan fingerprint density at radius 1 is 2.00 bits per heavy atom. The molecule has 0 heterocycles. The van der Waals surface area contributed by atoms with Crippen molar-refractivity contribution >= 4 is 22.3 Å². The van der Waals surface area contributed by atoms with E-state index in [0.717, 1.165) is 4.47 Å². The average Bonchev–Trinajstić information content (AvgIpc) is 1.37. The van der Waals surface area contributed by atoms with E-state index in [4.69, 9.17) is 6.42 Å². The monoisotopic (exact) mass is 169 g/mol. The third-order valence-electron chi connectivity index (χ3n) is 0.0833. The van der Waals surface area contributed by atoms with E-state index >= 15 is 0 Å². The van der Waals surface area contributed by atoms with Gasteiger partial charge in [0, 0.05) is 0 Å². The van der Waals surface area contributed by atoms with Crippen LogP contribution in [0.2, 0.25) is 4.47 Å². The van der Waals surface area contributed by atoms with E-state index in [9.17, 15) is 0 Å². The first-order valence-corrected chi connectivity index (χ1v) is 2.58. The van der Waals surface area contributed by atoms with Crippen LogP contribution >= 0.6 is 0 Å². The summed E-state index contributed by atoms with van der Waals surface area (Å²) >= 11 is 1.89. The van der Waals surface area contributed by atoms with Gasteiger partial charge in [0.15, 0.2) is 0 Å². The summed E-state index contributed by atoms with van der Waals surface area (Å²) in [5.41, 5.74) is 0. The molecule has 21 valence electrons. The van der Waals surface area contributed by atoms with Crippen molar-refractivity contribution in [2.24, 2.45) is 0 Å². The maximum atomic E-state index is 4.78. The molecule has 1 heteroatoms. The van der Waals surface area contributed by atoms with Crippen LogP contribution in [0.1, 0.15) is 0 Å². The molecule has 0 saturated carbocycles. The van der Waals surface area contributed by atoms with Crippen molar-refractivity contribution in [3.63, 3.8) is 0 Å². The fraction of sp³-hybridized carbons (Fsp3) is 0.333. The predicted octanol–water partition coefficient (Wildman–Crippen LogP) is 0.206. The Bertz CT molecular complexity index is 33.0. The third kappa shape index (κ3) is 2.35. The molecule has 0 spiro atoms. The first kappa shape index (κ1) is 4.35. The van der Waals surface area contributed by atoms with Gasteiger partial charge in [-0.1, -0.05) is 0 Å². The van der Waals surface area contributed by atoms with Gasteiger partial charge < -0.3 is 0 Å². The Morgan fingerprint density at radius 2 is 2.25 bits per heavy atom. The molecule has 0 aliphatic rings.